The van der Waals surface area contributed by atoms with Gasteiger partial charge in [-0.05, 0) is 93.8 Å². The third kappa shape index (κ3) is 9.78. The highest BCUT2D eigenvalue weighted by molar-refractivity contribution is 7.10. The summed E-state index contributed by atoms with van der Waals surface area (Å²) in [7, 11) is 2.12. The largest absolute Gasteiger partial charge is 0.481 e. The molecule has 4 rings (SSSR count). The van der Waals surface area contributed by atoms with Crippen molar-refractivity contribution in [2.24, 2.45) is 5.92 Å². The Kier molecular flexibility index (Phi) is 12.5. The summed E-state index contributed by atoms with van der Waals surface area (Å²) in [6.07, 6.45) is 4.81. The number of nitrogens with zero attached hydrogens (tertiary/aromatic N) is 2. The lowest BCUT2D eigenvalue weighted by atomic mass is 9.92. The number of carboxylic acid groups (broad SMARTS) is 1. The first-order chi connectivity index (χ1) is 15.9. The first-order valence-electron chi connectivity index (χ1n) is 12.3. The number of carboxylic acids is 1. The number of piperidine rings is 1. The van der Waals surface area contributed by atoms with Gasteiger partial charge in [0.25, 0.3) is 0 Å². The number of benzene rings is 1. The van der Waals surface area contributed by atoms with E-state index in [1.165, 1.54) is 41.8 Å². The summed E-state index contributed by atoms with van der Waals surface area (Å²) >= 11 is 8.20. The van der Waals surface area contributed by atoms with E-state index in [1.54, 1.807) is 0 Å². The first-order valence-corrected chi connectivity index (χ1v) is 13.6. The minimum Gasteiger partial charge on any atom is -0.481 e. The molecular formula is C27H41ClN2O2S. The minimum absolute atomic E-state index is 0.342. The molecule has 2 aliphatic heterocycles. The van der Waals surface area contributed by atoms with E-state index in [2.05, 4.69) is 59.5 Å². The Hall–Kier alpha value is -1.40. The highest BCUT2D eigenvalue weighted by atomic mass is 35.5. The molecule has 0 aliphatic carbocycles. The Bertz CT molecular complexity index is 820. The van der Waals surface area contributed by atoms with Crippen LogP contribution in [-0.4, -0.2) is 54.1 Å². The van der Waals surface area contributed by atoms with Gasteiger partial charge in [-0.1, -0.05) is 43.6 Å². The van der Waals surface area contributed by atoms with Crippen LogP contribution in [0, 0.1) is 12.8 Å². The molecule has 2 fully saturated rings. The predicted molar refractivity (Wildman–Crippen MR) is 142 cm³/mol. The van der Waals surface area contributed by atoms with Crippen molar-refractivity contribution in [3.05, 3.63) is 56.7 Å². The summed E-state index contributed by atoms with van der Waals surface area (Å²) in [6.45, 7) is 11.6. The van der Waals surface area contributed by atoms with E-state index < -0.39 is 5.97 Å². The standard InChI is InChI=1S/C16H18ClNS.C9H17NO2.C2H6/c1-12-4-5-13(15(17)9-12)10-18-7-6-14(11-18)16-3-2-8-19-16;1-10-6-4-8(5-7-10)2-3-9(11)12;1-2/h2-5,8-9,14H,6-7,10-11H2,1H3;8H,2-7H2,1H3,(H,11,12);1-2H3. The molecule has 1 aromatic carbocycles. The van der Waals surface area contributed by atoms with Crippen molar-refractivity contribution in [1.29, 1.82) is 0 Å². The molecule has 3 heterocycles. The van der Waals surface area contributed by atoms with Crippen LogP contribution in [0.2, 0.25) is 5.02 Å². The SMILES string of the molecule is CC.CN1CCC(CCC(=O)O)CC1.Cc1ccc(CN2CCC(c3cccs3)C2)c(Cl)c1. The van der Waals surface area contributed by atoms with E-state index in [0.29, 0.717) is 18.3 Å². The molecule has 2 aromatic rings. The lowest BCUT2D eigenvalue weighted by molar-refractivity contribution is -0.137. The van der Waals surface area contributed by atoms with Gasteiger partial charge in [0.2, 0.25) is 0 Å². The Morgan fingerprint density at radius 3 is 2.48 bits per heavy atom. The molecule has 33 heavy (non-hydrogen) atoms. The van der Waals surface area contributed by atoms with Crippen LogP contribution in [0.1, 0.15) is 67.9 Å². The maximum Gasteiger partial charge on any atom is 0.303 e. The second kappa shape index (κ2) is 14.8. The third-order valence-corrected chi connectivity index (χ3v) is 7.81. The molecule has 0 bridgehead atoms. The van der Waals surface area contributed by atoms with Gasteiger partial charge in [-0.25, -0.2) is 0 Å². The zero-order chi connectivity index (χ0) is 24.2. The van der Waals surface area contributed by atoms with Crippen molar-refractivity contribution in [3.8, 4) is 0 Å². The van der Waals surface area contributed by atoms with Crippen molar-refractivity contribution in [3.63, 3.8) is 0 Å². The van der Waals surface area contributed by atoms with Crippen LogP contribution >= 0.6 is 22.9 Å². The summed E-state index contributed by atoms with van der Waals surface area (Å²) in [5, 5.41) is 11.6. The van der Waals surface area contributed by atoms with Crippen molar-refractivity contribution in [1.82, 2.24) is 9.80 Å². The maximum atomic E-state index is 10.3. The molecule has 1 atom stereocenters. The molecule has 2 aliphatic rings. The molecule has 184 valence electrons. The molecule has 1 N–H and O–H groups in total. The number of rotatable bonds is 6. The summed E-state index contributed by atoms with van der Waals surface area (Å²) < 4.78 is 0. The summed E-state index contributed by atoms with van der Waals surface area (Å²) in [5.41, 5.74) is 2.48. The van der Waals surface area contributed by atoms with Crippen LogP contribution < -0.4 is 0 Å². The maximum absolute atomic E-state index is 10.3. The summed E-state index contributed by atoms with van der Waals surface area (Å²) in [4.78, 5) is 16.6. The van der Waals surface area contributed by atoms with E-state index in [1.807, 2.05) is 25.2 Å². The number of carbonyl (C=O) groups is 1. The lowest BCUT2D eigenvalue weighted by Gasteiger charge is -2.28. The number of aryl methyl sites for hydroxylation is 1. The number of likely N-dealkylation sites (tertiary alicyclic amines) is 2. The van der Waals surface area contributed by atoms with Gasteiger partial charge < -0.3 is 10.0 Å². The molecule has 1 aromatic heterocycles. The molecule has 0 spiro atoms. The topological polar surface area (TPSA) is 43.8 Å². The minimum atomic E-state index is -0.658. The smallest absolute Gasteiger partial charge is 0.303 e. The summed E-state index contributed by atoms with van der Waals surface area (Å²) in [5.74, 6) is 0.704. The second-order valence-electron chi connectivity index (χ2n) is 9.01. The van der Waals surface area contributed by atoms with Gasteiger partial charge >= 0.3 is 5.97 Å². The zero-order valence-corrected chi connectivity index (χ0v) is 22.3. The molecule has 0 saturated carbocycles. The first kappa shape index (κ1) is 27.8. The predicted octanol–water partition coefficient (Wildman–Crippen LogP) is 6.92. The fourth-order valence-corrected chi connectivity index (χ4v) is 5.58. The molecule has 2 saturated heterocycles. The second-order valence-corrected chi connectivity index (χ2v) is 10.4. The molecule has 4 nitrogen and oxygen atoms in total. The van der Waals surface area contributed by atoms with Crippen LogP contribution in [0.4, 0.5) is 0 Å². The fraction of sp³-hybridized carbons (Fsp3) is 0.593. The van der Waals surface area contributed by atoms with Crippen molar-refractivity contribution >= 4 is 28.9 Å². The van der Waals surface area contributed by atoms with Gasteiger partial charge in [0.15, 0.2) is 0 Å². The Balaban J connectivity index is 0.000000238. The van der Waals surface area contributed by atoms with Gasteiger partial charge in [0.1, 0.15) is 0 Å². The van der Waals surface area contributed by atoms with Crippen LogP contribution in [0.25, 0.3) is 0 Å². The Morgan fingerprint density at radius 2 is 1.88 bits per heavy atom. The van der Waals surface area contributed by atoms with Gasteiger partial charge in [-0.2, -0.15) is 0 Å². The molecular weight excluding hydrogens is 452 g/mol. The van der Waals surface area contributed by atoms with E-state index in [4.69, 9.17) is 16.7 Å². The zero-order valence-electron chi connectivity index (χ0n) is 20.7. The van der Waals surface area contributed by atoms with E-state index in [0.717, 1.165) is 37.6 Å². The average Bonchev–Trinajstić information content (AvgIpc) is 3.49. The van der Waals surface area contributed by atoms with Crippen LogP contribution in [0.15, 0.2) is 35.7 Å². The molecule has 0 radical (unpaired) electrons. The number of halogens is 1. The molecule has 6 heteroatoms. The third-order valence-electron chi connectivity index (χ3n) is 6.43. The lowest BCUT2D eigenvalue weighted by Crippen LogP contribution is -2.30. The van der Waals surface area contributed by atoms with Gasteiger partial charge in [-0.3, -0.25) is 9.69 Å². The molecule has 1 unspecified atom stereocenters. The van der Waals surface area contributed by atoms with Crippen molar-refractivity contribution in [2.75, 3.05) is 33.2 Å². The highest BCUT2D eigenvalue weighted by Crippen LogP contribution is 2.31. The van der Waals surface area contributed by atoms with Gasteiger partial charge in [0, 0.05) is 35.3 Å². The number of hydrogen-bond donors (Lipinski definition) is 1. The Labute approximate surface area is 209 Å². The van der Waals surface area contributed by atoms with Crippen molar-refractivity contribution < 1.29 is 9.90 Å². The van der Waals surface area contributed by atoms with Gasteiger partial charge in [0.05, 0.1) is 0 Å². The average molecular weight is 493 g/mol. The van der Waals surface area contributed by atoms with Gasteiger partial charge in [-0.15, -0.1) is 11.3 Å². The number of hydrogen-bond acceptors (Lipinski definition) is 4. The highest BCUT2D eigenvalue weighted by Gasteiger charge is 2.24. The quantitative estimate of drug-likeness (QED) is 0.475. The van der Waals surface area contributed by atoms with Crippen LogP contribution in [0.5, 0.6) is 0 Å². The van der Waals surface area contributed by atoms with Crippen molar-refractivity contribution in [2.45, 2.75) is 65.3 Å². The fourth-order valence-electron chi connectivity index (χ4n) is 4.43. The molecule has 0 amide bonds. The van der Waals surface area contributed by atoms with E-state index in [-0.39, 0.29) is 0 Å². The van der Waals surface area contributed by atoms with E-state index >= 15 is 0 Å². The normalized spacial score (nSPS) is 19.4. The monoisotopic (exact) mass is 492 g/mol. The van der Waals surface area contributed by atoms with E-state index in [9.17, 15) is 4.79 Å². The van der Waals surface area contributed by atoms with Crippen LogP contribution in [-0.2, 0) is 11.3 Å². The number of thiophene rings is 1. The number of aliphatic carboxylic acids is 1. The van der Waals surface area contributed by atoms with Crippen LogP contribution in [0.3, 0.4) is 0 Å². The summed E-state index contributed by atoms with van der Waals surface area (Å²) in [6, 6.07) is 10.8. The Morgan fingerprint density at radius 1 is 1.15 bits per heavy atom.